The number of benzene rings is 2. The number of rotatable bonds is 12. The minimum absolute atomic E-state index is 0.00165. The van der Waals surface area contributed by atoms with E-state index < -0.39 is 38.8 Å². The number of anilines is 1. The fourth-order valence-corrected chi connectivity index (χ4v) is 5.30. The Morgan fingerprint density at radius 3 is 2.57 bits per heavy atom. The number of nitrogens with one attached hydrogen (secondary N) is 1. The van der Waals surface area contributed by atoms with E-state index in [9.17, 15) is 23.8 Å². The molecular formula is C28H27ClN5O9P. The highest BCUT2D eigenvalue weighted by Gasteiger charge is 2.41. The first-order valence-electron chi connectivity index (χ1n) is 13.4. The molecule has 14 nitrogen and oxygen atoms in total. The first-order chi connectivity index (χ1) is 21.1. The Hall–Kier alpha value is -4.20. The second kappa shape index (κ2) is 13.6. The fourth-order valence-electron chi connectivity index (χ4n) is 4.40. The number of hydrogen-bond donors (Lipinski definition) is 2. The minimum Gasteiger partial charge on any atom is -0.459 e. The van der Waals surface area contributed by atoms with Crippen LogP contribution in [0.2, 0.25) is 5.02 Å². The zero-order valence-corrected chi connectivity index (χ0v) is 24.9. The molecule has 1 amide bonds. The summed E-state index contributed by atoms with van der Waals surface area (Å²) in [5.41, 5.74) is 1.03. The number of phosphoric ester groups is 1. The molecule has 1 aliphatic heterocycles. The summed E-state index contributed by atoms with van der Waals surface area (Å²) in [6, 6.07) is 14.3. The molecule has 4 aromatic rings. The van der Waals surface area contributed by atoms with Crippen LogP contribution < -0.4 is 9.84 Å². The molecule has 5 rings (SSSR count). The van der Waals surface area contributed by atoms with Gasteiger partial charge in [-0.25, -0.2) is 19.5 Å². The highest BCUT2D eigenvalue weighted by Crippen LogP contribution is 2.45. The summed E-state index contributed by atoms with van der Waals surface area (Å²) in [4.78, 5) is 59.7. The summed E-state index contributed by atoms with van der Waals surface area (Å²) >= 11 is 5.85. The molecule has 3 heterocycles. The first kappa shape index (κ1) is 31.2. The van der Waals surface area contributed by atoms with Crippen LogP contribution in [-0.4, -0.2) is 60.9 Å². The van der Waals surface area contributed by atoms with Crippen LogP contribution in [0.1, 0.15) is 42.8 Å². The number of hydrogen-bond acceptors (Lipinski definition) is 11. The summed E-state index contributed by atoms with van der Waals surface area (Å²) in [7, 11) is -4.62. The van der Waals surface area contributed by atoms with Gasteiger partial charge in [-0.05, 0) is 43.3 Å². The summed E-state index contributed by atoms with van der Waals surface area (Å²) in [5, 5.41) is 3.14. The largest absolute Gasteiger partial charge is 0.527 e. The molecular weight excluding hydrogens is 617 g/mol. The van der Waals surface area contributed by atoms with E-state index in [-0.39, 0.29) is 48.0 Å². The number of carbonyl (C=O) groups is 3. The average Bonchev–Trinajstić information content (AvgIpc) is 3.61. The van der Waals surface area contributed by atoms with E-state index in [2.05, 4.69) is 20.3 Å². The Kier molecular flexibility index (Phi) is 9.67. The van der Waals surface area contributed by atoms with Crippen LogP contribution >= 0.6 is 19.4 Å². The predicted octanol–water partition coefficient (Wildman–Crippen LogP) is 4.50. The van der Waals surface area contributed by atoms with Gasteiger partial charge >= 0.3 is 13.8 Å². The molecule has 0 radical (unpaired) electrons. The van der Waals surface area contributed by atoms with Gasteiger partial charge in [-0.3, -0.25) is 23.6 Å². The molecule has 16 heteroatoms. The Labute approximate surface area is 255 Å². The van der Waals surface area contributed by atoms with Crippen LogP contribution in [0.15, 0.2) is 67.3 Å². The quantitative estimate of drug-likeness (QED) is 0.163. The van der Waals surface area contributed by atoms with Gasteiger partial charge in [0.15, 0.2) is 17.0 Å². The summed E-state index contributed by atoms with van der Waals surface area (Å²) in [5.74, 6) is -0.984. The second-order valence-corrected chi connectivity index (χ2v) is 11.6. The molecule has 1 saturated heterocycles. The number of imidazole rings is 1. The topological polar surface area (TPSA) is 181 Å². The van der Waals surface area contributed by atoms with Gasteiger partial charge in [0.1, 0.15) is 36.3 Å². The summed E-state index contributed by atoms with van der Waals surface area (Å²) < 4.78 is 36.2. The molecule has 1 aliphatic rings. The third-order valence-corrected chi connectivity index (χ3v) is 7.69. The van der Waals surface area contributed by atoms with Crippen molar-refractivity contribution in [1.82, 2.24) is 19.5 Å². The normalized spacial score (nSPS) is 19.3. The maximum atomic E-state index is 12.7. The van der Waals surface area contributed by atoms with Crippen molar-refractivity contribution in [3.05, 3.63) is 77.8 Å². The second-order valence-electron chi connectivity index (χ2n) is 9.77. The van der Waals surface area contributed by atoms with Crippen LogP contribution in [-0.2, 0) is 28.2 Å². The van der Waals surface area contributed by atoms with Crippen molar-refractivity contribution < 1.29 is 42.4 Å². The fraction of sp³-hybridized carbons (Fsp3) is 0.286. The molecule has 230 valence electrons. The third kappa shape index (κ3) is 7.84. The zero-order valence-electron chi connectivity index (χ0n) is 23.2. The van der Waals surface area contributed by atoms with Gasteiger partial charge in [-0.1, -0.05) is 29.8 Å². The number of ether oxygens (including phenoxy) is 2. The van der Waals surface area contributed by atoms with Gasteiger partial charge < -0.3 is 24.1 Å². The number of esters is 1. The van der Waals surface area contributed by atoms with Gasteiger partial charge in [0.25, 0.3) is 5.91 Å². The number of ketones is 1. The number of halogens is 1. The van der Waals surface area contributed by atoms with Crippen LogP contribution in [0.5, 0.6) is 5.75 Å². The molecule has 2 N–H and O–H groups in total. The number of Topliss-reactive ketones (excluding diaryl/α,β-unsaturated/α-hetero) is 1. The Morgan fingerprint density at radius 1 is 1.09 bits per heavy atom. The maximum absolute atomic E-state index is 12.7. The minimum atomic E-state index is -4.62. The van der Waals surface area contributed by atoms with Gasteiger partial charge in [-0.2, -0.15) is 0 Å². The molecule has 0 saturated carbocycles. The number of fused-ring (bicyclic) bond motifs is 1. The van der Waals surface area contributed by atoms with Crippen LogP contribution in [0.25, 0.3) is 11.2 Å². The van der Waals surface area contributed by atoms with Crippen molar-refractivity contribution in [3.63, 3.8) is 0 Å². The lowest BCUT2D eigenvalue weighted by Gasteiger charge is -2.20. The molecule has 2 aromatic heterocycles. The monoisotopic (exact) mass is 643 g/mol. The molecule has 0 aliphatic carbocycles. The van der Waals surface area contributed by atoms with E-state index in [0.29, 0.717) is 16.2 Å². The number of carbonyl (C=O) groups excluding carboxylic acids is 3. The molecule has 1 fully saturated rings. The van der Waals surface area contributed by atoms with Crippen molar-refractivity contribution in [3.8, 4) is 5.75 Å². The average molecular weight is 644 g/mol. The van der Waals surface area contributed by atoms with E-state index in [1.807, 2.05) is 0 Å². The lowest BCUT2D eigenvalue weighted by atomic mass is 10.2. The molecule has 2 aromatic carbocycles. The highest BCUT2D eigenvalue weighted by atomic mass is 35.5. The van der Waals surface area contributed by atoms with E-state index >= 15 is 0 Å². The van der Waals surface area contributed by atoms with Gasteiger partial charge in [0.2, 0.25) is 0 Å². The molecule has 1 unspecified atom stereocenters. The third-order valence-electron chi connectivity index (χ3n) is 6.52. The highest BCUT2D eigenvalue weighted by molar-refractivity contribution is 7.47. The Balaban J connectivity index is 1.33. The summed E-state index contributed by atoms with van der Waals surface area (Å²) in [6.07, 6.45) is -0.103. The number of aromatic nitrogens is 4. The number of phosphoric acid groups is 1. The van der Waals surface area contributed by atoms with E-state index in [0.717, 1.165) is 0 Å². The van der Waals surface area contributed by atoms with Crippen LogP contribution in [0.4, 0.5) is 5.82 Å². The van der Waals surface area contributed by atoms with E-state index in [1.165, 1.54) is 43.8 Å². The summed E-state index contributed by atoms with van der Waals surface area (Å²) in [6.45, 7) is 0.878. The maximum Gasteiger partial charge on any atom is 0.527 e. The SMILES string of the molecule is CC(=O)CCC(=O)O[C@H]1C[C@H](n2cnc3c(NC(=O)c4ccccc4)ncnc32)O[C@@H]1COP(=O)(O)Oc1ccc(Cl)cc1. The molecule has 0 spiro atoms. The lowest BCUT2D eigenvalue weighted by Crippen LogP contribution is -2.31. The number of nitrogens with zero attached hydrogens (tertiary/aromatic N) is 4. The van der Waals surface area contributed by atoms with Crippen molar-refractivity contribution in [2.24, 2.45) is 0 Å². The van der Waals surface area contributed by atoms with Gasteiger partial charge in [0, 0.05) is 23.4 Å². The van der Waals surface area contributed by atoms with Crippen LogP contribution in [0.3, 0.4) is 0 Å². The standard InChI is InChI=1S/C28H27ClN5O9P/c1-17(35)7-12-24(36)42-21-13-23(41-22(21)14-40-44(38,39)43-20-10-8-19(29)9-11-20)34-16-32-25-26(30-15-31-27(25)34)33-28(37)18-5-3-2-4-6-18/h2-6,8-11,15-16,21-23H,7,12-14H2,1H3,(H,38,39)(H,30,31,33,37)/t21-,22+,23+/m0/s1. The van der Waals surface area contributed by atoms with Crippen LogP contribution in [0, 0.1) is 0 Å². The molecule has 44 heavy (non-hydrogen) atoms. The smallest absolute Gasteiger partial charge is 0.459 e. The molecule has 0 bridgehead atoms. The van der Waals surface area contributed by atoms with Gasteiger partial charge in [0.05, 0.1) is 19.4 Å². The first-order valence-corrected chi connectivity index (χ1v) is 15.3. The molecule has 4 atom stereocenters. The van der Waals surface area contributed by atoms with E-state index in [1.54, 1.807) is 34.9 Å². The lowest BCUT2D eigenvalue weighted by molar-refractivity contribution is -0.153. The van der Waals surface area contributed by atoms with Crippen molar-refractivity contribution in [2.75, 3.05) is 11.9 Å². The predicted molar refractivity (Wildman–Crippen MR) is 156 cm³/mol. The van der Waals surface area contributed by atoms with E-state index in [4.69, 9.17) is 30.1 Å². The van der Waals surface area contributed by atoms with Gasteiger partial charge in [-0.15, -0.1) is 0 Å². The Morgan fingerprint density at radius 2 is 1.84 bits per heavy atom. The van der Waals surface area contributed by atoms with Crippen molar-refractivity contribution in [2.45, 2.75) is 44.6 Å². The zero-order chi connectivity index (χ0) is 31.3. The van der Waals surface area contributed by atoms with Crippen molar-refractivity contribution in [1.29, 1.82) is 0 Å². The number of amides is 1. The Bertz CT molecular complexity index is 1700. The van der Waals surface area contributed by atoms with Crippen molar-refractivity contribution >= 4 is 54.1 Å².